The van der Waals surface area contributed by atoms with Gasteiger partial charge in [0.1, 0.15) is 5.78 Å². The van der Waals surface area contributed by atoms with Crippen LogP contribution in [-0.4, -0.2) is 32.5 Å². The van der Waals surface area contributed by atoms with Crippen molar-refractivity contribution >= 4 is 5.78 Å². The number of nitrogens with one attached hydrogen (secondary N) is 2. The minimum Gasteiger partial charge on any atom is -0.320 e. The Bertz CT molecular complexity index is 137. The summed E-state index contributed by atoms with van der Waals surface area (Å²) in [5.41, 5.74) is 0. The maximum Gasteiger partial charge on any atom is 0.131 e. The van der Waals surface area contributed by atoms with Crippen LogP contribution in [0.1, 0.15) is 32.6 Å². The minimum absolute atomic E-state index is 0.271. The molecule has 0 aliphatic rings. The van der Waals surface area contributed by atoms with Gasteiger partial charge in [-0.1, -0.05) is 6.42 Å². The molecule has 13 heavy (non-hydrogen) atoms. The summed E-state index contributed by atoms with van der Waals surface area (Å²) in [5.74, 6) is 0.271. The molecule has 0 amide bonds. The largest absolute Gasteiger partial charge is 0.320 e. The second-order valence-electron chi connectivity index (χ2n) is 3.49. The zero-order valence-electron chi connectivity index (χ0n) is 9.02. The van der Waals surface area contributed by atoms with Gasteiger partial charge in [-0.2, -0.15) is 0 Å². The van der Waals surface area contributed by atoms with Gasteiger partial charge in [0.05, 0.1) is 0 Å². The lowest BCUT2D eigenvalue weighted by Gasteiger charge is -2.13. The third-order valence-corrected chi connectivity index (χ3v) is 2.17. The fourth-order valence-corrected chi connectivity index (χ4v) is 1.39. The minimum atomic E-state index is 0.271. The Hall–Kier alpha value is -0.410. The van der Waals surface area contributed by atoms with Crippen LogP contribution in [0.3, 0.4) is 0 Å². The number of unbranched alkanes of at least 4 members (excludes halogenated alkanes) is 1. The van der Waals surface area contributed by atoms with E-state index < -0.39 is 0 Å². The number of carbonyl (C=O) groups excluding carboxylic acids is 1. The summed E-state index contributed by atoms with van der Waals surface area (Å²) in [5, 5.41) is 6.28. The molecule has 0 heterocycles. The maximum atomic E-state index is 10.8. The molecule has 0 aromatic carbocycles. The van der Waals surface area contributed by atoms with Crippen LogP contribution >= 0.6 is 0 Å². The van der Waals surface area contributed by atoms with Crippen LogP contribution in [0, 0.1) is 0 Å². The third kappa shape index (κ3) is 7.94. The molecule has 78 valence electrons. The van der Waals surface area contributed by atoms with Crippen molar-refractivity contribution in [3.8, 4) is 0 Å². The fourth-order valence-electron chi connectivity index (χ4n) is 1.39. The normalized spacial score (nSPS) is 12.8. The lowest BCUT2D eigenvalue weighted by atomic mass is 10.0. The van der Waals surface area contributed by atoms with Crippen LogP contribution < -0.4 is 10.6 Å². The lowest BCUT2D eigenvalue weighted by Crippen LogP contribution is -2.27. The van der Waals surface area contributed by atoms with E-state index in [1.54, 1.807) is 6.92 Å². The molecule has 0 aromatic heterocycles. The standard InChI is InChI=1S/C10H22N2O/c1-9(13)8-10(12-3)6-4-5-7-11-2/h10-12H,4-8H2,1-3H3/t10-/m1/s1. The summed E-state index contributed by atoms with van der Waals surface area (Å²) < 4.78 is 0. The first-order chi connectivity index (χ1) is 6.20. The van der Waals surface area contributed by atoms with E-state index in [0.29, 0.717) is 12.5 Å². The highest BCUT2D eigenvalue weighted by molar-refractivity contribution is 5.76. The SMILES string of the molecule is CNCCCC[C@H](CC(C)=O)NC. The highest BCUT2D eigenvalue weighted by Crippen LogP contribution is 2.04. The number of rotatable bonds is 8. The van der Waals surface area contributed by atoms with Crippen LogP contribution in [0.2, 0.25) is 0 Å². The van der Waals surface area contributed by atoms with Gasteiger partial charge in [0.25, 0.3) is 0 Å². The van der Waals surface area contributed by atoms with E-state index in [1.165, 1.54) is 12.8 Å². The van der Waals surface area contributed by atoms with Gasteiger partial charge in [0.2, 0.25) is 0 Å². The van der Waals surface area contributed by atoms with E-state index in [1.807, 2.05) is 14.1 Å². The monoisotopic (exact) mass is 186 g/mol. The molecular formula is C10H22N2O. The van der Waals surface area contributed by atoms with Gasteiger partial charge >= 0.3 is 0 Å². The van der Waals surface area contributed by atoms with E-state index in [4.69, 9.17) is 0 Å². The average Bonchev–Trinajstić information content (AvgIpc) is 2.09. The third-order valence-electron chi connectivity index (χ3n) is 2.17. The molecule has 0 bridgehead atoms. The molecule has 0 rings (SSSR count). The van der Waals surface area contributed by atoms with E-state index in [0.717, 1.165) is 13.0 Å². The van der Waals surface area contributed by atoms with Gasteiger partial charge in [0, 0.05) is 12.5 Å². The molecule has 0 spiro atoms. The highest BCUT2D eigenvalue weighted by atomic mass is 16.1. The van der Waals surface area contributed by atoms with Gasteiger partial charge in [-0.25, -0.2) is 0 Å². The summed E-state index contributed by atoms with van der Waals surface area (Å²) >= 11 is 0. The van der Waals surface area contributed by atoms with Gasteiger partial charge in [0.15, 0.2) is 0 Å². The number of ketones is 1. The Labute approximate surface area is 81.3 Å². The van der Waals surface area contributed by atoms with Crippen molar-refractivity contribution in [3.63, 3.8) is 0 Å². The Balaban J connectivity index is 3.42. The molecule has 3 nitrogen and oxygen atoms in total. The smallest absolute Gasteiger partial charge is 0.131 e. The highest BCUT2D eigenvalue weighted by Gasteiger charge is 2.07. The van der Waals surface area contributed by atoms with Crippen LogP contribution in [0.15, 0.2) is 0 Å². The number of hydrogen-bond donors (Lipinski definition) is 2. The second kappa shape index (κ2) is 8.20. The molecule has 0 unspecified atom stereocenters. The molecule has 1 atom stereocenters. The summed E-state index contributed by atoms with van der Waals surface area (Å²) in [6.07, 6.45) is 4.13. The van der Waals surface area contributed by atoms with Gasteiger partial charge in [-0.15, -0.1) is 0 Å². The molecule has 0 fully saturated rings. The predicted octanol–water partition coefficient (Wildman–Crippen LogP) is 0.943. The van der Waals surface area contributed by atoms with Crippen molar-refractivity contribution < 1.29 is 4.79 Å². The summed E-state index contributed by atoms with van der Waals surface area (Å²) in [7, 11) is 3.89. The zero-order valence-corrected chi connectivity index (χ0v) is 9.02. The first-order valence-corrected chi connectivity index (χ1v) is 5.02. The first-order valence-electron chi connectivity index (χ1n) is 5.02. The van der Waals surface area contributed by atoms with Crippen molar-refractivity contribution in [2.24, 2.45) is 0 Å². The van der Waals surface area contributed by atoms with E-state index in [9.17, 15) is 4.79 Å². The number of carbonyl (C=O) groups is 1. The van der Waals surface area contributed by atoms with Crippen LogP contribution in [-0.2, 0) is 4.79 Å². The number of Topliss-reactive ketones (excluding diaryl/α,β-unsaturated/α-hetero) is 1. The average molecular weight is 186 g/mol. The van der Waals surface area contributed by atoms with Crippen molar-refractivity contribution in [2.75, 3.05) is 20.6 Å². The molecule has 0 radical (unpaired) electrons. The molecule has 2 N–H and O–H groups in total. The van der Waals surface area contributed by atoms with Gasteiger partial charge in [-0.3, -0.25) is 4.79 Å². The van der Waals surface area contributed by atoms with Gasteiger partial charge < -0.3 is 10.6 Å². The Morgan fingerprint density at radius 1 is 1.31 bits per heavy atom. The van der Waals surface area contributed by atoms with Crippen molar-refractivity contribution in [3.05, 3.63) is 0 Å². The van der Waals surface area contributed by atoms with Crippen molar-refractivity contribution in [2.45, 2.75) is 38.6 Å². The Kier molecular flexibility index (Phi) is 7.94. The Morgan fingerprint density at radius 2 is 2.00 bits per heavy atom. The van der Waals surface area contributed by atoms with E-state index in [2.05, 4.69) is 10.6 Å². The first kappa shape index (κ1) is 12.6. The predicted molar refractivity (Wildman–Crippen MR) is 55.9 cm³/mol. The summed E-state index contributed by atoms with van der Waals surface area (Å²) in [6, 6.07) is 0.370. The summed E-state index contributed by atoms with van der Waals surface area (Å²) in [4.78, 5) is 10.8. The van der Waals surface area contributed by atoms with Crippen molar-refractivity contribution in [1.29, 1.82) is 0 Å². The molecule has 3 heteroatoms. The van der Waals surface area contributed by atoms with E-state index in [-0.39, 0.29) is 5.78 Å². The topological polar surface area (TPSA) is 41.1 Å². The molecule has 0 saturated heterocycles. The van der Waals surface area contributed by atoms with Crippen molar-refractivity contribution in [1.82, 2.24) is 10.6 Å². The summed E-state index contributed by atoms with van der Waals surface area (Å²) in [6.45, 7) is 2.72. The molecule has 0 aromatic rings. The second-order valence-corrected chi connectivity index (χ2v) is 3.49. The van der Waals surface area contributed by atoms with Crippen LogP contribution in [0.5, 0.6) is 0 Å². The quantitative estimate of drug-likeness (QED) is 0.554. The molecule has 0 saturated carbocycles. The van der Waals surface area contributed by atoms with Gasteiger partial charge in [-0.05, 0) is 40.4 Å². The molecule has 0 aliphatic carbocycles. The Morgan fingerprint density at radius 3 is 2.46 bits per heavy atom. The zero-order chi connectivity index (χ0) is 10.1. The lowest BCUT2D eigenvalue weighted by molar-refractivity contribution is -0.117. The molecular weight excluding hydrogens is 164 g/mol. The number of hydrogen-bond acceptors (Lipinski definition) is 3. The molecule has 0 aliphatic heterocycles. The fraction of sp³-hybridized carbons (Fsp3) is 0.900. The van der Waals surface area contributed by atoms with Crippen LogP contribution in [0.4, 0.5) is 0 Å². The van der Waals surface area contributed by atoms with E-state index >= 15 is 0 Å². The maximum absolute atomic E-state index is 10.8. The van der Waals surface area contributed by atoms with Crippen LogP contribution in [0.25, 0.3) is 0 Å².